The van der Waals surface area contributed by atoms with E-state index in [2.05, 4.69) is 0 Å². The van der Waals surface area contributed by atoms with Crippen LogP contribution in [-0.2, 0) is 6.42 Å². The van der Waals surface area contributed by atoms with Crippen LogP contribution in [0.5, 0.6) is 0 Å². The fourth-order valence-electron chi connectivity index (χ4n) is 2.13. The summed E-state index contributed by atoms with van der Waals surface area (Å²) in [5, 5.41) is 0.144. The molecule has 0 saturated heterocycles. The van der Waals surface area contributed by atoms with Crippen molar-refractivity contribution in [1.82, 2.24) is 0 Å². The molecule has 0 fully saturated rings. The zero-order valence-electron chi connectivity index (χ0n) is 10.9. The lowest BCUT2D eigenvalue weighted by Crippen LogP contribution is -2.02. The molecular weight excluding hydrogens is 282 g/mol. The van der Waals surface area contributed by atoms with Crippen LogP contribution < -0.4 is 0 Å². The third kappa shape index (κ3) is 3.10. The molecule has 0 radical (unpaired) electrons. The highest BCUT2D eigenvalue weighted by Gasteiger charge is 2.16. The van der Waals surface area contributed by atoms with E-state index in [0.29, 0.717) is 17.0 Å². The van der Waals surface area contributed by atoms with Crippen molar-refractivity contribution in [2.45, 2.75) is 25.6 Å². The standard InChI is InChI=1S/C16H15Cl2F/c1-10-5-3-6-12(11(10)2)15(18)9-13-14(17)7-4-8-16(13)19/h3-8,15H,9H2,1-2H3. The molecule has 0 aliphatic rings. The van der Waals surface area contributed by atoms with E-state index in [9.17, 15) is 4.39 Å². The Bertz CT molecular complexity index is 573. The Morgan fingerprint density at radius 1 is 1.11 bits per heavy atom. The molecule has 0 amide bonds. The van der Waals surface area contributed by atoms with Crippen LogP contribution in [0, 0.1) is 19.7 Å². The van der Waals surface area contributed by atoms with Gasteiger partial charge in [0.1, 0.15) is 5.82 Å². The molecule has 2 aromatic rings. The van der Waals surface area contributed by atoms with E-state index < -0.39 is 0 Å². The molecular formula is C16H15Cl2F. The number of halogens is 3. The summed E-state index contributed by atoms with van der Waals surface area (Å²) in [5.74, 6) is -0.302. The fraction of sp³-hybridized carbons (Fsp3) is 0.250. The molecule has 0 saturated carbocycles. The van der Waals surface area contributed by atoms with Gasteiger partial charge in [-0.1, -0.05) is 35.9 Å². The van der Waals surface area contributed by atoms with Crippen LogP contribution in [0.2, 0.25) is 5.02 Å². The van der Waals surface area contributed by atoms with E-state index in [4.69, 9.17) is 23.2 Å². The Balaban J connectivity index is 2.31. The molecule has 0 spiro atoms. The van der Waals surface area contributed by atoms with Crippen molar-refractivity contribution in [1.29, 1.82) is 0 Å². The maximum atomic E-state index is 13.8. The van der Waals surface area contributed by atoms with Gasteiger partial charge in [0, 0.05) is 10.6 Å². The van der Waals surface area contributed by atoms with Gasteiger partial charge in [-0.25, -0.2) is 4.39 Å². The lowest BCUT2D eigenvalue weighted by atomic mass is 9.97. The van der Waals surface area contributed by atoms with Gasteiger partial charge in [-0.05, 0) is 49.1 Å². The summed E-state index contributed by atoms with van der Waals surface area (Å²) in [6.45, 7) is 4.07. The molecule has 0 aliphatic carbocycles. The molecule has 0 bridgehead atoms. The van der Waals surface area contributed by atoms with Gasteiger partial charge in [0.2, 0.25) is 0 Å². The summed E-state index contributed by atoms with van der Waals surface area (Å²) >= 11 is 12.5. The SMILES string of the molecule is Cc1cccc(C(Cl)Cc2c(F)cccc2Cl)c1C. The van der Waals surface area contributed by atoms with Gasteiger partial charge in [0.25, 0.3) is 0 Å². The van der Waals surface area contributed by atoms with E-state index in [-0.39, 0.29) is 11.2 Å². The van der Waals surface area contributed by atoms with Crippen molar-refractivity contribution < 1.29 is 4.39 Å². The van der Waals surface area contributed by atoms with Crippen LogP contribution in [0.4, 0.5) is 4.39 Å². The number of alkyl halides is 1. The van der Waals surface area contributed by atoms with Crippen molar-refractivity contribution in [3.05, 3.63) is 69.5 Å². The first-order chi connectivity index (χ1) is 9.00. The molecule has 19 heavy (non-hydrogen) atoms. The minimum absolute atomic E-state index is 0.283. The first-order valence-electron chi connectivity index (χ1n) is 6.13. The van der Waals surface area contributed by atoms with Gasteiger partial charge in [-0.15, -0.1) is 11.6 Å². The average molecular weight is 297 g/mol. The van der Waals surface area contributed by atoms with Crippen molar-refractivity contribution in [2.75, 3.05) is 0 Å². The highest BCUT2D eigenvalue weighted by atomic mass is 35.5. The second kappa shape index (κ2) is 5.94. The summed E-state index contributed by atoms with van der Waals surface area (Å²) in [6, 6.07) is 10.7. The normalized spacial score (nSPS) is 12.5. The van der Waals surface area contributed by atoms with Crippen LogP contribution in [0.1, 0.15) is 27.6 Å². The maximum absolute atomic E-state index is 13.8. The van der Waals surface area contributed by atoms with Crippen LogP contribution in [-0.4, -0.2) is 0 Å². The van der Waals surface area contributed by atoms with Crippen molar-refractivity contribution in [2.24, 2.45) is 0 Å². The predicted molar refractivity (Wildman–Crippen MR) is 79.6 cm³/mol. The van der Waals surface area contributed by atoms with Gasteiger partial charge in [0.15, 0.2) is 0 Å². The smallest absolute Gasteiger partial charge is 0.127 e. The fourth-order valence-corrected chi connectivity index (χ4v) is 2.76. The highest BCUT2D eigenvalue weighted by molar-refractivity contribution is 6.31. The van der Waals surface area contributed by atoms with Gasteiger partial charge in [0.05, 0.1) is 5.38 Å². The minimum Gasteiger partial charge on any atom is -0.207 e. The topological polar surface area (TPSA) is 0 Å². The summed E-state index contributed by atoms with van der Waals surface area (Å²) in [4.78, 5) is 0. The maximum Gasteiger partial charge on any atom is 0.127 e. The Hall–Kier alpha value is -1.05. The highest BCUT2D eigenvalue weighted by Crippen LogP contribution is 2.32. The molecule has 100 valence electrons. The first-order valence-corrected chi connectivity index (χ1v) is 6.95. The number of aryl methyl sites for hydroxylation is 1. The number of hydrogen-bond acceptors (Lipinski definition) is 0. The van der Waals surface area contributed by atoms with E-state index in [1.807, 2.05) is 32.0 Å². The summed E-state index contributed by atoms with van der Waals surface area (Å²) in [6.07, 6.45) is 0.386. The van der Waals surface area contributed by atoms with Crippen LogP contribution in [0.25, 0.3) is 0 Å². The Kier molecular flexibility index (Phi) is 4.49. The number of hydrogen-bond donors (Lipinski definition) is 0. The Labute approximate surface area is 123 Å². The van der Waals surface area contributed by atoms with E-state index >= 15 is 0 Å². The van der Waals surface area contributed by atoms with Gasteiger partial charge in [-0.2, -0.15) is 0 Å². The third-order valence-electron chi connectivity index (χ3n) is 3.43. The molecule has 1 atom stereocenters. The zero-order chi connectivity index (χ0) is 14.0. The third-order valence-corrected chi connectivity index (χ3v) is 4.17. The molecule has 3 heteroatoms. The Morgan fingerprint density at radius 2 is 1.79 bits per heavy atom. The van der Waals surface area contributed by atoms with Gasteiger partial charge < -0.3 is 0 Å². The minimum atomic E-state index is -0.302. The van der Waals surface area contributed by atoms with E-state index in [1.165, 1.54) is 11.6 Å². The summed E-state index contributed by atoms with van der Waals surface area (Å²) in [7, 11) is 0. The van der Waals surface area contributed by atoms with Crippen LogP contribution >= 0.6 is 23.2 Å². The van der Waals surface area contributed by atoms with Gasteiger partial charge >= 0.3 is 0 Å². The number of benzene rings is 2. The van der Waals surface area contributed by atoms with Crippen LogP contribution in [0.3, 0.4) is 0 Å². The van der Waals surface area contributed by atoms with Crippen LogP contribution in [0.15, 0.2) is 36.4 Å². The van der Waals surface area contributed by atoms with Gasteiger partial charge in [-0.3, -0.25) is 0 Å². The molecule has 1 unspecified atom stereocenters. The van der Waals surface area contributed by atoms with Crippen molar-refractivity contribution in [3.63, 3.8) is 0 Å². The molecule has 0 aliphatic heterocycles. The van der Waals surface area contributed by atoms with E-state index in [0.717, 1.165) is 11.1 Å². The van der Waals surface area contributed by atoms with Crippen molar-refractivity contribution >= 4 is 23.2 Å². The van der Waals surface area contributed by atoms with E-state index in [1.54, 1.807) is 12.1 Å². The zero-order valence-corrected chi connectivity index (χ0v) is 12.4. The molecule has 0 heterocycles. The molecule has 0 nitrogen and oxygen atoms in total. The summed E-state index contributed by atoms with van der Waals surface area (Å²) in [5.41, 5.74) is 3.84. The lowest BCUT2D eigenvalue weighted by Gasteiger charge is -2.15. The second-order valence-electron chi connectivity index (χ2n) is 4.66. The monoisotopic (exact) mass is 296 g/mol. The largest absolute Gasteiger partial charge is 0.207 e. The lowest BCUT2D eigenvalue weighted by molar-refractivity contribution is 0.607. The molecule has 0 aromatic heterocycles. The first kappa shape index (κ1) is 14.4. The average Bonchev–Trinajstić information content (AvgIpc) is 2.37. The van der Waals surface area contributed by atoms with Crippen molar-refractivity contribution in [3.8, 4) is 0 Å². The molecule has 2 aromatic carbocycles. The summed E-state index contributed by atoms with van der Waals surface area (Å²) < 4.78 is 13.8. The quantitative estimate of drug-likeness (QED) is 0.645. The molecule has 2 rings (SSSR count). The second-order valence-corrected chi connectivity index (χ2v) is 5.60. The number of rotatable bonds is 3. The molecule has 0 N–H and O–H groups in total. The Morgan fingerprint density at radius 3 is 2.47 bits per heavy atom. The predicted octanol–water partition coefficient (Wildman–Crippen LogP) is 5.62.